The van der Waals surface area contributed by atoms with Crippen molar-refractivity contribution in [3.05, 3.63) is 0 Å². The van der Waals surface area contributed by atoms with Crippen molar-refractivity contribution >= 4 is 17.9 Å². The summed E-state index contributed by atoms with van der Waals surface area (Å²) in [4.78, 5) is 32.9. The third kappa shape index (κ3) is 17.7. The summed E-state index contributed by atoms with van der Waals surface area (Å²) in [5.74, 6) is -2.60. The van der Waals surface area contributed by atoms with Gasteiger partial charge in [0.1, 0.15) is 0 Å². The molecule has 0 bridgehead atoms. The van der Waals surface area contributed by atoms with Gasteiger partial charge in [0, 0.05) is 34.2 Å². The fraction of sp³-hybridized carbons (Fsp3) is 0.909. The van der Waals surface area contributed by atoms with Crippen molar-refractivity contribution in [2.75, 3.05) is 0 Å². The minimum atomic E-state index is -0.867. The Morgan fingerprint density at radius 3 is 0.675 bits per heavy atom. The van der Waals surface area contributed by atoms with Gasteiger partial charge in [-0.3, -0.25) is 0 Å². The molecule has 0 fully saturated rings. The zero-order chi connectivity index (χ0) is 31.0. The molecule has 0 aromatic heterocycles. The third-order valence-electron chi connectivity index (χ3n) is 9.14. The Morgan fingerprint density at radius 1 is 0.400 bits per heavy atom. The Hall–Kier alpha value is -0.239. The largest absolute Gasteiger partial charge is 3.00 e. The van der Waals surface area contributed by atoms with E-state index in [4.69, 9.17) is 0 Å². The molecule has 40 heavy (non-hydrogen) atoms. The number of carboxylic acid groups (broad SMARTS) is 3. The van der Waals surface area contributed by atoms with E-state index >= 15 is 0 Å². The molecule has 0 heterocycles. The summed E-state index contributed by atoms with van der Waals surface area (Å²) in [7, 11) is 0. The number of rotatable bonds is 21. The zero-order valence-corrected chi connectivity index (χ0v) is 30.9. The van der Waals surface area contributed by atoms with E-state index in [1.54, 1.807) is 0 Å². The number of carbonyl (C=O) groups excluding carboxylic acids is 3. The van der Waals surface area contributed by atoms with Crippen molar-refractivity contribution in [2.24, 2.45) is 16.2 Å². The molecular weight excluding hydrogens is 637 g/mol. The molecule has 0 saturated heterocycles. The number of hydrogen-bond donors (Lipinski definition) is 0. The Morgan fingerprint density at radius 2 is 0.575 bits per heavy atom. The van der Waals surface area contributed by atoms with Gasteiger partial charge in [0.2, 0.25) is 0 Å². The van der Waals surface area contributed by atoms with Gasteiger partial charge in [-0.1, -0.05) is 120 Å². The molecule has 0 aliphatic carbocycles. The van der Waals surface area contributed by atoms with Crippen LogP contribution in [0.1, 0.15) is 178 Å². The molecule has 0 N–H and O–H groups in total. The summed E-state index contributed by atoms with van der Waals surface area (Å²) >= 11 is 0. The summed E-state index contributed by atoms with van der Waals surface area (Å²) in [5.41, 5.74) is -1.68. The molecule has 0 aliphatic heterocycles. The molecule has 0 aromatic rings. The van der Waals surface area contributed by atoms with E-state index in [2.05, 4.69) is 20.8 Å². The van der Waals surface area contributed by atoms with E-state index < -0.39 is 34.2 Å². The second kappa shape index (κ2) is 27.6. The first kappa shape index (κ1) is 46.7. The first-order valence-corrected chi connectivity index (χ1v) is 16.0. The first-order chi connectivity index (χ1) is 18.4. The summed E-state index contributed by atoms with van der Waals surface area (Å²) < 4.78 is 0. The fourth-order valence-corrected chi connectivity index (χ4v) is 5.12. The van der Waals surface area contributed by atoms with E-state index in [9.17, 15) is 29.7 Å². The number of unbranched alkanes of at least 4 members (excludes halogenated alkanes) is 6. The predicted molar refractivity (Wildman–Crippen MR) is 156 cm³/mol. The summed E-state index contributed by atoms with van der Waals surface area (Å²) in [6, 6.07) is 0. The SMILES string of the molecule is CCCCCC(CC)(CC)C(=O)[O-].CCCCCC(CC)(CC)C(=O)[O-].CCCCCC(CC)(CC)C(=O)[O-].[Nd+3]. The Bertz CT molecular complexity index is 537. The zero-order valence-electron chi connectivity index (χ0n) is 27.7. The molecule has 0 amide bonds. The topological polar surface area (TPSA) is 120 Å². The quantitative estimate of drug-likeness (QED) is 0.129. The Kier molecular flexibility index (Phi) is 32.2. The molecule has 7 heteroatoms. The van der Waals surface area contributed by atoms with Crippen molar-refractivity contribution in [3.63, 3.8) is 0 Å². The van der Waals surface area contributed by atoms with Gasteiger partial charge >= 0.3 is 40.8 Å². The molecule has 0 saturated carbocycles. The molecule has 0 atom stereocenters. The van der Waals surface area contributed by atoms with E-state index in [1.165, 1.54) is 0 Å². The predicted octanol–water partition coefficient (Wildman–Crippen LogP) is 6.37. The van der Waals surface area contributed by atoms with E-state index in [1.807, 2.05) is 41.5 Å². The van der Waals surface area contributed by atoms with Crippen LogP contribution in [0.3, 0.4) is 0 Å². The average Bonchev–Trinajstić information content (AvgIpc) is 2.92. The van der Waals surface area contributed by atoms with Crippen LogP contribution in [0.15, 0.2) is 0 Å². The van der Waals surface area contributed by atoms with Crippen LogP contribution in [-0.4, -0.2) is 17.9 Å². The van der Waals surface area contributed by atoms with Crippen LogP contribution < -0.4 is 15.3 Å². The maximum Gasteiger partial charge on any atom is 3.00 e. The summed E-state index contributed by atoms with van der Waals surface area (Å²) in [6.45, 7) is 18.0. The average molecular weight is 700 g/mol. The molecule has 0 unspecified atom stereocenters. The van der Waals surface area contributed by atoms with Crippen LogP contribution >= 0.6 is 0 Å². The fourth-order valence-electron chi connectivity index (χ4n) is 5.12. The Labute approximate surface area is 280 Å². The van der Waals surface area contributed by atoms with Gasteiger partial charge in [-0.05, 0) is 57.8 Å². The number of carbonyl (C=O) groups is 3. The maximum absolute atomic E-state index is 11.0. The van der Waals surface area contributed by atoms with Gasteiger partial charge in [0.05, 0.1) is 0 Å². The minimum absolute atomic E-state index is 0. The van der Waals surface area contributed by atoms with E-state index in [0.717, 1.165) is 77.0 Å². The molecule has 0 aliphatic rings. The second-order valence-corrected chi connectivity index (χ2v) is 11.2. The van der Waals surface area contributed by atoms with Crippen LogP contribution in [-0.2, 0) is 14.4 Å². The standard InChI is InChI=1S/3C11H22O2.Nd/c3*1-4-7-8-9-11(5-2,6-3)10(12)13;/h3*4-9H2,1-3H3,(H,12,13);/q;;;+3/p-3. The van der Waals surface area contributed by atoms with Crippen molar-refractivity contribution < 1.29 is 70.5 Å². The van der Waals surface area contributed by atoms with Gasteiger partial charge in [-0.2, -0.15) is 0 Å². The van der Waals surface area contributed by atoms with Gasteiger partial charge in [-0.25, -0.2) is 0 Å². The summed E-state index contributed by atoms with van der Waals surface area (Å²) in [5, 5.41) is 32.9. The minimum Gasteiger partial charge on any atom is -0.550 e. The molecule has 0 spiro atoms. The molecule has 0 rings (SSSR count). The Balaban J connectivity index is -0.000000240. The smallest absolute Gasteiger partial charge is 0.550 e. The van der Waals surface area contributed by atoms with Crippen molar-refractivity contribution in [1.29, 1.82) is 0 Å². The number of hydrogen-bond acceptors (Lipinski definition) is 6. The van der Waals surface area contributed by atoms with E-state index in [-0.39, 0.29) is 40.8 Å². The van der Waals surface area contributed by atoms with Crippen LogP contribution in [0, 0.1) is 57.1 Å². The molecule has 1 radical (unpaired) electrons. The van der Waals surface area contributed by atoms with Gasteiger partial charge in [-0.15, -0.1) is 0 Å². The van der Waals surface area contributed by atoms with Crippen LogP contribution in [0.25, 0.3) is 0 Å². The van der Waals surface area contributed by atoms with E-state index in [0.29, 0.717) is 38.5 Å². The number of aliphatic carboxylic acids is 3. The number of carboxylic acids is 3. The van der Waals surface area contributed by atoms with Gasteiger partial charge in [0.25, 0.3) is 0 Å². The van der Waals surface area contributed by atoms with Crippen LogP contribution in [0.5, 0.6) is 0 Å². The van der Waals surface area contributed by atoms with Crippen LogP contribution in [0.2, 0.25) is 0 Å². The van der Waals surface area contributed by atoms with Gasteiger partial charge < -0.3 is 29.7 Å². The molecule has 0 aromatic carbocycles. The first-order valence-electron chi connectivity index (χ1n) is 16.0. The normalized spacial score (nSPS) is 11.3. The molecule has 6 nitrogen and oxygen atoms in total. The van der Waals surface area contributed by atoms with Crippen molar-refractivity contribution in [1.82, 2.24) is 0 Å². The van der Waals surface area contributed by atoms with Crippen molar-refractivity contribution in [3.8, 4) is 0 Å². The monoisotopic (exact) mass is 697 g/mol. The van der Waals surface area contributed by atoms with Crippen LogP contribution in [0.4, 0.5) is 0 Å². The maximum atomic E-state index is 11.0. The molecular formula is C33H63NdO6. The van der Waals surface area contributed by atoms with Gasteiger partial charge in [0.15, 0.2) is 0 Å². The molecule has 235 valence electrons. The third-order valence-corrected chi connectivity index (χ3v) is 9.14. The van der Waals surface area contributed by atoms with Crippen molar-refractivity contribution in [2.45, 2.75) is 178 Å². The summed E-state index contributed by atoms with van der Waals surface area (Å²) in [6.07, 6.45) is 16.2. The second-order valence-electron chi connectivity index (χ2n) is 11.2.